The van der Waals surface area contributed by atoms with Crippen LogP contribution >= 0.6 is 15.9 Å². The van der Waals surface area contributed by atoms with Gasteiger partial charge in [0.1, 0.15) is 0 Å². The van der Waals surface area contributed by atoms with Crippen LogP contribution in [-0.4, -0.2) is 11.7 Å². The van der Waals surface area contributed by atoms with Gasteiger partial charge in [-0.3, -0.25) is 0 Å². The van der Waals surface area contributed by atoms with Gasteiger partial charge in [-0.1, -0.05) is 5.16 Å². The van der Waals surface area contributed by atoms with Gasteiger partial charge in [0.2, 0.25) is 5.88 Å². The van der Waals surface area contributed by atoms with Crippen molar-refractivity contribution in [1.29, 1.82) is 0 Å². The van der Waals surface area contributed by atoms with E-state index in [2.05, 4.69) is 26.4 Å². The Bertz CT molecular complexity index is 261. The van der Waals surface area contributed by atoms with Crippen LogP contribution in [0.5, 0.6) is 0 Å². The van der Waals surface area contributed by atoms with Gasteiger partial charge < -0.3 is 15.6 Å². The molecule has 2 rings (SSSR count). The van der Waals surface area contributed by atoms with Crippen molar-refractivity contribution in [2.75, 3.05) is 12.3 Å². The monoisotopic (exact) mass is 231 g/mol. The van der Waals surface area contributed by atoms with E-state index in [-0.39, 0.29) is 0 Å². The molecule has 0 radical (unpaired) electrons. The van der Waals surface area contributed by atoms with Crippen molar-refractivity contribution in [2.24, 2.45) is 0 Å². The van der Waals surface area contributed by atoms with E-state index in [9.17, 15) is 0 Å². The fraction of sp³-hybridized carbons (Fsp3) is 0.571. The summed E-state index contributed by atoms with van der Waals surface area (Å²) in [4.78, 5) is 0. The predicted molar refractivity (Wildman–Crippen MR) is 48.6 cm³/mol. The quantitative estimate of drug-likeness (QED) is 0.768. The molecule has 1 aromatic heterocycles. The molecule has 0 saturated carbocycles. The van der Waals surface area contributed by atoms with Crippen molar-refractivity contribution in [3.8, 4) is 0 Å². The Morgan fingerprint density at radius 2 is 2.50 bits per heavy atom. The highest BCUT2D eigenvalue weighted by Crippen LogP contribution is 2.33. The molecule has 1 fully saturated rings. The number of nitrogens with zero attached hydrogens (tertiary/aromatic N) is 1. The molecule has 0 amide bonds. The third-order valence-electron chi connectivity index (χ3n) is 2.12. The lowest BCUT2D eigenvalue weighted by atomic mass is 10.1. The molecule has 1 atom stereocenters. The number of halogens is 1. The number of anilines is 1. The summed E-state index contributed by atoms with van der Waals surface area (Å²) in [6.45, 7) is 1.04. The molecule has 0 spiro atoms. The molecule has 1 aliphatic heterocycles. The van der Waals surface area contributed by atoms with Gasteiger partial charge >= 0.3 is 0 Å². The average molecular weight is 232 g/mol. The van der Waals surface area contributed by atoms with Gasteiger partial charge in [-0.2, -0.15) is 0 Å². The molecule has 12 heavy (non-hydrogen) atoms. The van der Waals surface area contributed by atoms with Gasteiger partial charge in [0.25, 0.3) is 0 Å². The van der Waals surface area contributed by atoms with Crippen LogP contribution in [0, 0.1) is 0 Å². The maximum atomic E-state index is 5.62. The van der Waals surface area contributed by atoms with E-state index in [1.54, 1.807) is 0 Å². The fourth-order valence-electron chi connectivity index (χ4n) is 1.54. The van der Waals surface area contributed by atoms with Gasteiger partial charge in [-0.15, -0.1) is 0 Å². The zero-order chi connectivity index (χ0) is 8.55. The lowest BCUT2D eigenvalue weighted by molar-refractivity contribution is 0.431. The maximum Gasteiger partial charge on any atom is 0.228 e. The Labute approximate surface area is 78.6 Å². The van der Waals surface area contributed by atoms with Crippen molar-refractivity contribution in [3.05, 3.63) is 10.2 Å². The van der Waals surface area contributed by atoms with Gasteiger partial charge in [0.15, 0.2) is 4.60 Å². The van der Waals surface area contributed by atoms with E-state index in [1.165, 1.54) is 6.42 Å². The first-order chi connectivity index (χ1) is 5.79. The molecule has 5 heteroatoms. The molecule has 0 aromatic carbocycles. The number of nitrogens with two attached hydrogens (primary N) is 1. The number of aromatic nitrogens is 1. The maximum absolute atomic E-state index is 5.62. The first-order valence-corrected chi connectivity index (χ1v) is 4.72. The molecule has 3 N–H and O–H groups in total. The first-order valence-electron chi connectivity index (χ1n) is 3.93. The van der Waals surface area contributed by atoms with Gasteiger partial charge in [0, 0.05) is 6.04 Å². The van der Waals surface area contributed by atoms with Crippen LogP contribution in [0.1, 0.15) is 24.4 Å². The van der Waals surface area contributed by atoms with Crippen LogP contribution in [0.15, 0.2) is 9.13 Å². The summed E-state index contributed by atoms with van der Waals surface area (Å²) in [6, 6.07) is 0.311. The standard InChI is InChI=1S/C7H10BrN3O/c8-6-5(7(9)12-11-6)4-2-1-3-10-4/h4,10H,1-3,9H2. The zero-order valence-electron chi connectivity index (χ0n) is 6.51. The predicted octanol–water partition coefficient (Wildman–Crippen LogP) is 1.44. The van der Waals surface area contributed by atoms with Crippen LogP contribution in [-0.2, 0) is 0 Å². The summed E-state index contributed by atoms with van der Waals surface area (Å²) in [6.07, 6.45) is 2.28. The third-order valence-corrected chi connectivity index (χ3v) is 2.69. The second-order valence-corrected chi connectivity index (χ2v) is 3.65. The molecule has 1 saturated heterocycles. The van der Waals surface area contributed by atoms with Gasteiger partial charge in [-0.05, 0) is 35.3 Å². The number of nitrogens with one attached hydrogen (secondary N) is 1. The molecule has 0 aliphatic carbocycles. The number of hydrogen-bond acceptors (Lipinski definition) is 4. The van der Waals surface area contributed by atoms with Crippen molar-refractivity contribution in [1.82, 2.24) is 10.5 Å². The lowest BCUT2D eigenvalue weighted by Gasteiger charge is -2.07. The number of hydrogen-bond donors (Lipinski definition) is 2. The van der Waals surface area contributed by atoms with E-state index in [4.69, 9.17) is 10.3 Å². The van der Waals surface area contributed by atoms with Crippen LogP contribution < -0.4 is 11.1 Å². The molecule has 2 heterocycles. The Hall–Kier alpha value is -0.550. The number of nitrogen functional groups attached to an aromatic ring is 1. The minimum absolute atomic E-state index is 0.311. The van der Waals surface area contributed by atoms with Crippen LogP contribution in [0.4, 0.5) is 5.88 Å². The Morgan fingerprint density at radius 1 is 1.67 bits per heavy atom. The fourth-order valence-corrected chi connectivity index (χ4v) is 2.08. The van der Waals surface area contributed by atoms with Crippen molar-refractivity contribution < 1.29 is 4.52 Å². The SMILES string of the molecule is Nc1onc(Br)c1C1CCCN1. The molecule has 1 aromatic rings. The van der Waals surface area contributed by atoms with E-state index in [1.807, 2.05) is 0 Å². The number of rotatable bonds is 1. The summed E-state index contributed by atoms with van der Waals surface area (Å²) >= 11 is 3.30. The molecular formula is C7H10BrN3O. The van der Waals surface area contributed by atoms with Gasteiger partial charge in [0.05, 0.1) is 5.56 Å². The first kappa shape index (κ1) is 8.07. The van der Waals surface area contributed by atoms with E-state index < -0.39 is 0 Å². The minimum Gasteiger partial charge on any atom is -0.367 e. The van der Waals surface area contributed by atoms with Crippen LogP contribution in [0.3, 0.4) is 0 Å². The van der Waals surface area contributed by atoms with Gasteiger partial charge in [-0.25, -0.2) is 0 Å². The highest BCUT2D eigenvalue weighted by Gasteiger charge is 2.24. The largest absolute Gasteiger partial charge is 0.367 e. The normalized spacial score (nSPS) is 23.2. The molecule has 66 valence electrons. The van der Waals surface area contributed by atoms with Crippen molar-refractivity contribution in [3.63, 3.8) is 0 Å². The molecule has 1 unspecified atom stereocenters. The van der Waals surface area contributed by atoms with Crippen LogP contribution in [0.2, 0.25) is 0 Å². The smallest absolute Gasteiger partial charge is 0.228 e. The summed E-state index contributed by atoms with van der Waals surface area (Å²) in [5.74, 6) is 0.418. The van der Waals surface area contributed by atoms with E-state index >= 15 is 0 Å². The molecular weight excluding hydrogens is 222 g/mol. The summed E-state index contributed by atoms with van der Waals surface area (Å²) in [7, 11) is 0. The highest BCUT2D eigenvalue weighted by atomic mass is 79.9. The van der Waals surface area contributed by atoms with E-state index in [0.717, 1.165) is 23.1 Å². The third kappa shape index (κ3) is 1.23. The lowest BCUT2D eigenvalue weighted by Crippen LogP contribution is -2.13. The zero-order valence-corrected chi connectivity index (χ0v) is 8.10. The molecule has 4 nitrogen and oxygen atoms in total. The minimum atomic E-state index is 0.311. The summed E-state index contributed by atoms with van der Waals surface area (Å²) in [5.41, 5.74) is 6.59. The topological polar surface area (TPSA) is 64.1 Å². The summed E-state index contributed by atoms with van der Waals surface area (Å²) < 4.78 is 5.57. The Morgan fingerprint density at radius 3 is 3.00 bits per heavy atom. The second-order valence-electron chi connectivity index (χ2n) is 2.90. The second kappa shape index (κ2) is 3.06. The van der Waals surface area contributed by atoms with E-state index in [0.29, 0.717) is 11.9 Å². The Kier molecular flexibility index (Phi) is 2.06. The highest BCUT2D eigenvalue weighted by molar-refractivity contribution is 9.10. The summed E-state index contributed by atoms with van der Waals surface area (Å²) in [5, 5.41) is 7.07. The average Bonchev–Trinajstić information content (AvgIpc) is 2.61. The Balaban J connectivity index is 2.30. The molecule has 1 aliphatic rings. The van der Waals surface area contributed by atoms with Crippen molar-refractivity contribution >= 4 is 21.8 Å². The van der Waals surface area contributed by atoms with Crippen molar-refractivity contribution in [2.45, 2.75) is 18.9 Å². The molecule has 0 bridgehead atoms. The van der Waals surface area contributed by atoms with Crippen LogP contribution in [0.25, 0.3) is 0 Å².